The van der Waals surface area contributed by atoms with E-state index in [2.05, 4.69) is 57.0 Å². The highest BCUT2D eigenvalue weighted by molar-refractivity contribution is 5.84. The molecule has 2 aromatic carbocycles. The number of nitrogens with one attached hydrogen (secondary N) is 2. The van der Waals surface area contributed by atoms with Gasteiger partial charge in [-0.3, -0.25) is 0 Å². The molecule has 2 heterocycles. The molecule has 27 heavy (non-hydrogen) atoms. The Kier molecular flexibility index (Phi) is 3.90. The number of fused-ring (bicyclic) bond motifs is 2. The number of nitrogens with zero attached hydrogens (tertiary/aromatic N) is 3. The summed E-state index contributed by atoms with van der Waals surface area (Å²) < 4.78 is 0. The molecule has 0 bridgehead atoms. The second-order valence-corrected chi connectivity index (χ2v) is 6.74. The van der Waals surface area contributed by atoms with Gasteiger partial charge in [0.15, 0.2) is 0 Å². The lowest BCUT2D eigenvalue weighted by Crippen LogP contribution is -2.08. The smallest absolute Gasteiger partial charge is 0.227 e. The van der Waals surface area contributed by atoms with Gasteiger partial charge in [-0.05, 0) is 60.4 Å². The molecule has 0 spiro atoms. The van der Waals surface area contributed by atoms with Crippen LogP contribution in [0.1, 0.15) is 23.6 Å². The first-order chi connectivity index (χ1) is 13.3. The minimum Gasteiger partial charge on any atom is -0.363 e. The van der Waals surface area contributed by atoms with Gasteiger partial charge in [0.25, 0.3) is 0 Å². The zero-order chi connectivity index (χ0) is 18.1. The molecule has 2 aromatic heterocycles. The first-order valence-corrected chi connectivity index (χ1v) is 9.14. The molecule has 0 amide bonds. The van der Waals surface area contributed by atoms with Gasteiger partial charge in [0.1, 0.15) is 5.82 Å². The van der Waals surface area contributed by atoms with Crippen molar-refractivity contribution in [2.24, 2.45) is 0 Å². The molecule has 5 heteroatoms. The number of hydrogen-bond acceptors (Lipinski definition) is 5. The topological polar surface area (TPSA) is 62.7 Å². The summed E-state index contributed by atoms with van der Waals surface area (Å²) in [6.07, 6.45) is 5.67. The lowest BCUT2D eigenvalue weighted by molar-refractivity contribution is 0.758. The zero-order valence-electron chi connectivity index (χ0n) is 14.8. The molecule has 0 saturated heterocycles. The van der Waals surface area contributed by atoms with Crippen molar-refractivity contribution in [3.05, 3.63) is 84.2 Å². The van der Waals surface area contributed by atoms with Gasteiger partial charge in [-0.15, -0.1) is 0 Å². The normalized spacial score (nSPS) is 15.5. The molecule has 5 nitrogen and oxygen atoms in total. The van der Waals surface area contributed by atoms with E-state index in [-0.39, 0.29) is 0 Å². The fraction of sp³-hybridized carbons (Fsp3) is 0.136. The van der Waals surface area contributed by atoms with Gasteiger partial charge < -0.3 is 10.6 Å². The average molecular weight is 353 g/mol. The van der Waals surface area contributed by atoms with Crippen LogP contribution < -0.4 is 10.6 Å². The Labute approximate surface area is 157 Å². The zero-order valence-corrected chi connectivity index (χ0v) is 14.8. The highest BCUT2D eigenvalue weighted by Gasteiger charge is 2.21. The molecule has 4 aromatic rings. The predicted molar refractivity (Wildman–Crippen MR) is 108 cm³/mol. The largest absolute Gasteiger partial charge is 0.363 e. The second-order valence-electron chi connectivity index (χ2n) is 6.74. The summed E-state index contributed by atoms with van der Waals surface area (Å²) in [6, 6.07) is 21.0. The molecular formula is C22H19N5. The molecule has 1 atom stereocenters. The quantitative estimate of drug-likeness (QED) is 0.548. The minimum atomic E-state index is 0.335. The van der Waals surface area contributed by atoms with Gasteiger partial charge in [0.2, 0.25) is 5.95 Å². The molecule has 132 valence electrons. The van der Waals surface area contributed by atoms with Crippen molar-refractivity contribution in [3.8, 4) is 0 Å². The van der Waals surface area contributed by atoms with Gasteiger partial charge in [-0.1, -0.05) is 24.3 Å². The molecule has 0 unspecified atom stereocenters. The number of rotatable bonds is 4. The fourth-order valence-corrected chi connectivity index (χ4v) is 3.66. The fourth-order valence-electron chi connectivity index (χ4n) is 3.66. The Morgan fingerprint density at radius 2 is 1.78 bits per heavy atom. The van der Waals surface area contributed by atoms with Crippen LogP contribution in [-0.2, 0) is 6.42 Å². The van der Waals surface area contributed by atoms with E-state index in [1.165, 1.54) is 11.1 Å². The summed E-state index contributed by atoms with van der Waals surface area (Å²) in [5.74, 6) is 1.50. The highest BCUT2D eigenvalue weighted by atomic mass is 15.1. The van der Waals surface area contributed by atoms with Crippen LogP contribution in [0.4, 0.5) is 17.5 Å². The van der Waals surface area contributed by atoms with Crippen molar-refractivity contribution in [1.29, 1.82) is 0 Å². The Bertz CT molecular complexity index is 1090. The Morgan fingerprint density at radius 1 is 0.889 bits per heavy atom. The maximum absolute atomic E-state index is 4.79. The van der Waals surface area contributed by atoms with Gasteiger partial charge >= 0.3 is 0 Å². The lowest BCUT2D eigenvalue weighted by atomic mass is 10.1. The number of benzene rings is 2. The van der Waals surface area contributed by atoms with E-state index in [1.54, 1.807) is 18.5 Å². The SMILES string of the molecule is c1cnc(Nc2ccc3nc(N[C@@H]4CCc5ccccc54)ccc3c2)nc1. The Morgan fingerprint density at radius 3 is 2.70 bits per heavy atom. The number of aryl methyl sites for hydroxylation is 1. The third-order valence-electron chi connectivity index (χ3n) is 4.97. The molecule has 0 saturated carbocycles. The van der Waals surface area contributed by atoms with Gasteiger partial charge in [-0.2, -0.15) is 0 Å². The van der Waals surface area contributed by atoms with E-state index >= 15 is 0 Å². The summed E-state index contributed by atoms with van der Waals surface area (Å²) in [6.45, 7) is 0. The number of hydrogen-bond donors (Lipinski definition) is 2. The van der Waals surface area contributed by atoms with Crippen molar-refractivity contribution in [2.75, 3.05) is 10.6 Å². The van der Waals surface area contributed by atoms with Crippen molar-refractivity contribution < 1.29 is 0 Å². The van der Waals surface area contributed by atoms with Gasteiger partial charge in [-0.25, -0.2) is 15.0 Å². The van der Waals surface area contributed by atoms with Gasteiger partial charge in [0, 0.05) is 23.5 Å². The molecular weight excluding hydrogens is 334 g/mol. The van der Waals surface area contributed by atoms with Crippen molar-refractivity contribution in [1.82, 2.24) is 15.0 Å². The van der Waals surface area contributed by atoms with E-state index in [0.29, 0.717) is 12.0 Å². The Balaban J connectivity index is 1.37. The molecule has 5 rings (SSSR count). The van der Waals surface area contributed by atoms with E-state index in [4.69, 9.17) is 4.98 Å². The van der Waals surface area contributed by atoms with E-state index in [0.717, 1.165) is 35.2 Å². The van der Waals surface area contributed by atoms with Crippen molar-refractivity contribution >= 4 is 28.4 Å². The highest BCUT2D eigenvalue weighted by Crippen LogP contribution is 2.33. The van der Waals surface area contributed by atoms with Crippen LogP contribution >= 0.6 is 0 Å². The Hall–Kier alpha value is -3.47. The van der Waals surface area contributed by atoms with E-state index < -0.39 is 0 Å². The van der Waals surface area contributed by atoms with Crippen LogP contribution in [0.15, 0.2) is 73.1 Å². The number of aromatic nitrogens is 3. The first kappa shape index (κ1) is 15.8. The van der Waals surface area contributed by atoms with E-state index in [9.17, 15) is 0 Å². The van der Waals surface area contributed by atoms with Crippen LogP contribution in [0.3, 0.4) is 0 Å². The van der Waals surface area contributed by atoms with Crippen LogP contribution in [0, 0.1) is 0 Å². The molecule has 0 fully saturated rings. The summed E-state index contributed by atoms with van der Waals surface area (Å²) >= 11 is 0. The first-order valence-electron chi connectivity index (χ1n) is 9.14. The summed E-state index contributed by atoms with van der Waals surface area (Å²) in [5, 5.41) is 7.89. The van der Waals surface area contributed by atoms with Crippen LogP contribution in [0.25, 0.3) is 10.9 Å². The lowest BCUT2D eigenvalue weighted by Gasteiger charge is -2.15. The molecule has 1 aliphatic rings. The third kappa shape index (κ3) is 3.19. The maximum Gasteiger partial charge on any atom is 0.227 e. The summed E-state index contributed by atoms with van der Waals surface area (Å²) in [5.41, 5.74) is 4.74. The van der Waals surface area contributed by atoms with Gasteiger partial charge in [0.05, 0.1) is 11.6 Å². The average Bonchev–Trinajstić information content (AvgIpc) is 3.12. The summed E-state index contributed by atoms with van der Waals surface area (Å²) in [4.78, 5) is 13.2. The van der Waals surface area contributed by atoms with E-state index in [1.807, 2.05) is 18.2 Å². The third-order valence-corrected chi connectivity index (χ3v) is 4.97. The minimum absolute atomic E-state index is 0.335. The standard InChI is InChI=1S/C22H19N5/c1-2-5-18-15(4-1)6-9-20(18)27-21-11-7-16-14-17(8-10-19(16)26-21)25-22-23-12-3-13-24-22/h1-5,7-8,10-14,20H,6,9H2,(H,26,27)(H,23,24,25)/t20-/m1/s1. The van der Waals surface area contributed by atoms with Crippen LogP contribution in [0.5, 0.6) is 0 Å². The molecule has 0 aliphatic heterocycles. The maximum atomic E-state index is 4.79. The monoisotopic (exact) mass is 353 g/mol. The molecule has 0 radical (unpaired) electrons. The summed E-state index contributed by atoms with van der Waals surface area (Å²) in [7, 11) is 0. The number of pyridine rings is 1. The van der Waals surface area contributed by atoms with Crippen LogP contribution in [-0.4, -0.2) is 15.0 Å². The van der Waals surface area contributed by atoms with Crippen molar-refractivity contribution in [2.45, 2.75) is 18.9 Å². The predicted octanol–water partition coefficient (Wildman–Crippen LogP) is 4.87. The van der Waals surface area contributed by atoms with Crippen molar-refractivity contribution in [3.63, 3.8) is 0 Å². The molecule has 1 aliphatic carbocycles. The number of anilines is 3. The second kappa shape index (κ2) is 6.68. The van der Waals surface area contributed by atoms with Crippen LogP contribution in [0.2, 0.25) is 0 Å². The molecule has 2 N–H and O–H groups in total.